The summed E-state index contributed by atoms with van der Waals surface area (Å²) >= 11 is 0. The number of hydrogen-bond acceptors (Lipinski definition) is 2. The van der Waals surface area contributed by atoms with Crippen LogP contribution in [0.3, 0.4) is 0 Å². The summed E-state index contributed by atoms with van der Waals surface area (Å²) in [4.78, 5) is 9.97. The monoisotopic (exact) mass is 162 g/mol. The molecule has 0 fully saturated rings. The maximum absolute atomic E-state index is 10.4. The van der Waals surface area contributed by atoms with Gasteiger partial charge in [-0.15, -0.1) is 0 Å². The van der Waals surface area contributed by atoms with Crippen LogP contribution in [0.2, 0.25) is 0 Å². The summed E-state index contributed by atoms with van der Waals surface area (Å²) in [5.41, 5.74) is 0.963. The molecule has 2 heterocycles. The molecule has 4 nitrogen and oxygen atoms in total. The smallest absolute Gasteiger partial charge is 0.287 e. The maximum Gasteiger partial charge on any atom is 0.287 e. The molecule has 2 aromatic heterocycles. The zero-order chi connectivity index (χ0) is 8.55. The normalized spacial score (nSPS) is 10.3. The van der Waals surface area contributed by atoms with Gasteiger partial charge in [0.25, 0.3) is 5.69 Å². The van der Waals surface area contributed by atoms with Crippen LogP contribution in [0.25, 0.3) is 5.52 Å². The van der Waals surface area contributed by atoms with Crippen molar-refractivity contribution in [1.82, 2.24) is 4.40 Å². The van der Waals surface area contributed by atoms with E-state index in [4.69, 9.17) is 0 Å². The van der Waals surface area contributed by atoms with Gasteiger partial charge in [0.2, 0.25) is 0 Å². The molecular weight excluding hydrogens is 156 g/mol. The van der Waals surface area contributed by atoms with Crippen LogP contribution in [0, 0.1) is 10.1 Å². The highest BCUT2D eigenvalue weighted by Crippen LogP contribution is 2.15. The summed E-state index contributed by atoms with van der Waals surface area (Å²) in [5, 5.41) is 10.4. The van der Waals surface area contributed by atoms with Gasteiger partial charge < -0.3 is 4.40 Å². The second kappa shape index (κ2) is 2.34. The molecule has 2 aromatic rings. The summed E-state index contributed by atoms with van der Waals surface area (Å²) in [6.07, 6.45) is 3.28. The molecule has 0 aliphatic heterocycles. The highest BCUT2D eigenvalue weighted by atomic mass is 16.6. The minimum Gasteiger partial charge on any atom is -0.317 e. The number of rotatable bonds is 1. The lowest BCUT2D eigenvalue weighted by Gasteiger charge is -1.87. The van der Waals surface area contributed by atoms with Crippen LogP contribution >= 0.6 is 0 Å². The Hall–Kier alpha value is -1.84. The Labute approximate surface area is 68.2 Å². The molecule has 0 saturated carbocycles. The van der Waals surface area contributed by atoms with Crippen LogP contribution in [-0.2, 0) is 0 Å². The Kier molecular flexibility index (Phi) is 1.33. The molecule has 4 heteroatoms. The third-order valence-electron chi connectivity index (χ3n) is 1.70. The van der Waals surface area contributed by atoms with Crippen LogP contribution in [0.15, 0.2) is 36.7 Å². The average Bonchev–Trinajstić information content (AvgIpc) is 2.46. The average molecular weight is 162 g/mol. The third kappa shape index (κ3) is 0.934. The van der Waals surface area contributed by atoms with Crippen molar-refractivity contribution in [3.63, 3.8) is 0 Å². The minimum absolute atomic E-state index is 0.126. The van der Waals surface area contributed by atoms with Crippen LogP contribution in [0.5, 0.6) is 0 Å². The summed E-state index contributed by atoms with van der Waals surface area (Å²) < 4.78 is 1.72. The van der Waals surface area contributed by atoms with Crippen molar-refractivity contribution in [1.29, 1.82) is 0 Å². The number of hydrogen-bond donors (Lipinski definition) is 0. The van der Waals surface area contributed by atoms with Crippen molar-refractivity contribution in [2.24, 2.45) is 0 Å². The van der Waals surface area contributed by atoms with Crippen LogP contribution < -0.4 is 0 Å². The van der Waals surface area contributed by atoms with E-state index >= 15 is 0 Å². The van der Waals surface area contributed by atoms with Gasteiger partial charge in [0.1, 0.15) is 0 Å². The molecule has 2 rings (SSSR count). The van der Waals surface area contributed by atoms with Gasteiger partial charge in [-0.3, -0.25) is 10.1 Å². The van der Waals surface area contributed by atoms with Gasteiger partial charge in [-0.1, -0.05) is 6.07 Å². The van der Waals surface area contributed by atoms with E-state index < -0.39 is 4.92 Å². The molecule has 0 saturated heterocycles. The van der Waals surface area contributed by atoms with E-state index in [-0.39, 0.29) is 5.69 Å². The summed E-state index contributed by atoms with van der Waals surface area (Å²) in [5.74, 6) is 0. The molecule has 0 spiro atoms. The number of pyridine rings is 1. The first-order valence-corrected chi connectivity index (χ1v) is 3.48. The molecular formula is C8H6N2O2. The first kappa shape index (κ1) is 6.84. The minimum atomic E-state index is -0.396. The van der Waals surface area contributed by atoms with E-state index in [2.05, 4.69) is 0 Å². The van der Waals surface area contributed by atoms with Gasteiger partial charge >= 0.3 is 0 Å². The Balaban J connectivity index is 2.70. The Morgan fingerprint density at radius 1 is 1.42 bits per heavy atom. The SMILES string of the molecule is O=[N+]([O-])c1cc2ccccn2c1. The predicted molar refractivity (Wildman–Crippen MR) is 44.1 cm³/mol. The van der Waals surface area contributed by atoms with Gasteiger partial charge in [-0.05, 0) is 12.1 Å². The van der Waals surface area contributed by atoms with Crippen molar-refractivity contribution >= 4 is 11.2 Å². The van der Waals surface area contributed by atoms with E-state index in [1.165, 1.54) is 6.20 Å². The standard InChI is InChI=1S/C8H6N2O2/c11-10(12)8-5-7-3-1-2-4-9(7)6-8/h1-6H. The Bertz CT molecular complexity index is 400. The lowest BCUT2D eigenvalue weighted by atomic mass is 10.4. The first-order chi connectivity index (χ1) is 5.77. The highest BCUT2D eigenvalue weighted by Gasteiger charge is 2.07. The van der Waals surface area contributed by atoms with Gasteiger partial charge in [0.05, 0.1) is 16.6 Å². The van der Waals surface area contributed by atoms with E-state index in [1.807, 2.05) is 18.2 Å². The lowest BCUT2D eigenvalue weighted by Crippen LogP contribution is -1.83. The van der Waals surface area contributed by atoms with Crippen molar-refractivity contribution < 1.29 is 4.92 Å². The topological polar surface area (TPSA) is 47.5 Å². The predicted octanol–water partition coefficient (Wildman–Crippen LogP) is 1.85. The van der Waals surface area contributed by atoms with E-state index in [9.17, 15) is 10.1 Å². The van der Waals surface area contributed by atoms with Crippen LogP contribution in [-0.4, -0.2) is 9.32 Å². The summed E-state index contributed by atoms with van der Waals surface area (Å²) in [6, 6.07) is 7.04. The molecule has 0 aliphatic rings. The maximum atomic E-state index is 10.4. The van der Waals surface area contributed by atoms with Crippen molar-refractivity contribution in [3.05, 3.63) is 46.8 Å². The fourth-order valence-electron chi connectivity index (χ4n) is 1.14. The quantitative estimate of drug-likeness (QED) is 0.474. The second-order valence-electron chi connectivity index (χ2n) is 2.49. The zero-order valence-corrected chi connectivity index (χ0v) is 6.18. The largest absolute Gasteiger partial charge is 0.317 e. The summed E-state index contributed by atoms with van der Waals surface area (Å²) in [7, 11) is 0. The van der Waals surface area contributed by atoms with Crippen molar-refractivity contribution in [3.8, 4) is 0 Å². The molecule has 0 bridgehead atoms. The van der Waals surface area contributed by atoms with E-state index in [1.54, 1.807) is 16.7 Å². The Morgan fingerprint density at radius 3 is 2.92 bits per heavy atom. The van der Waals surface area contributed by atoms with Gasteiger partial charge in [0, 0.05) is 12.3 Å². The highest BCUT2D eigenvalue weighted by molar-refractivity contribution is 5.55. The van der Waals surface area contributed by atoms with Crippen molar-refractivity contribution in [2.75, 3.05) is 0 Å². The molecule has 0 aliphatic carbocycles. The lowest BCUT2D eigenvalue weighted by molar-refractivity contribution is -0.384. The molecule has 0 N–H and O–H groups in total. The van der Waals surface area contributed by atoms with E-state index in [0.29, 0.717) is 0 Å². The van der Waals surface area contributed by atoms with Gasteiger partial charge in [-0.25, -0.2) is 0 Å². The number of nitrogens with zero attached hydrogens (tertiary/aromatic N) is 2. The molecule has 0 amide bonds. The fourth-order valence-corrected chi connectivity index (χ4v) is 1.14. The first-order valence-electron chi connectivity index (χ1n) is 3.48. The van der Waals surface area contributed by atoms with Crippen LogP contribution in [0.4, 0.5) is 5.69 Å². The van der Waals surface area contributed by atoms with Gasteiger partial charge in [0.15, 0.2) is 0 Å². The van der Waals surface area contributed by atoms with Crippen molar-refractivity contribution in [2.45, 2.75) is 0 Å². The molecule has 0 unspecified atom stereocenters. The number of fused-ring (bicyclic) bond motifs is 1. The zero-order valence-electron chi connectivity index (χ0n) is 6.18. The van der Waals surface area contributed by atoms with Gasteiger partial charge in [-0.2, -0.15) is 0 Å². The fraction of sp³-hybridized carbons (Fsp3) is 0. The molecule has 0 aromatic carbocycles. The number of aromatic nitrogens is 1. The third-order valence-corrected chi connectivity index (χ3v) is 1.70. The molecule has 12 heavy (non-hydrogen) atoms. The number of nitro groups is 1. The van der Waals surface area contributed by atoms with Crippen LogP contribution in [0.1, 0.15) is 0 Å². The molecule has 0 radical (unpaired) electrons. The van der Waals surface area contributed by atoms with E-state index in [0.717, 1.165) is 5.52 Å². The summed E-state index contributed by atoms with van der Waals surface area (Å²) in [6.45, 7) is 0. The molecule has 0 atom stereocenters. The molecule has 60 valence electrons. The Morgan fingerprint density at radius 2 is 2.25 bits per heavy atom. The second-order valence-corrected chi connectivity index (χ2v) is 2.49.